The molecule has 1 aliphatic rings. The van der Waals surface area contributed by atoms with Crippen LogP contribution in [0.2, 0.25) is 5.02 Å². The lowest BCUT2D eigenvalue weighted by Gasteiger charge is -2.26. The second kappa shape index (κ2) is 11.8. The number of benzene rings is 2. The van der Waals surface area contributed by atoms with Gasteiger partial charge < -0.3 is 19.4 Å². The standard InChI is InChI=1S/C30H29ClN6O2/c31-27-18-24(5-7-29(27)39-20-25-3-1-2-9-32-25)35-30-26-17-22(4-6-28(26)33-21-34-30)23-8-10-37(19-23)12-11-36-13-15-38-16-14-36/h1-10,17-19,21H,11-16,20H2,(H,33,34,35). The first-order valence-corrected chi connectivity index (χ1v) is 13.4. The van der Waals surface area contributed by atoms with Gasteiger partial charge in [0.1, 0.15) is 24.5 Å². The number of ether oxygens (including phenoxy) is 2. The highest BCUT2D eigenvalue weighted by Crippen LogP contribution is 2.32. The maximum Gasteiger partial charge on any atom is 0.141 e. The first-order valence-electron chi connectivity index (χ1n) is 13.0. The van der Waals surface area contributed by atoms with Crippen molar-refractivity contribution < 1.29 is 9.47 Å². The molecule has 6 rings (SSSR count). The number of rotatable bonds is 9. The molecule has 0 spiro atoms. The van der Waals surface area contributed by atoms with Crippen molar-refractivity contribution >= 4 is 34.0 Å². The quantitative estimate of drug-likeness (QED) is 0.253. The van der Waals surface area contributed by atoms with Gasteiger partial charge in [-0.25, -0.2) is 9.97 Å². The summed E-state index contributed by atoms with van der Waals surface area (Å²) >= 11 is 6.53. The zero-order valence-electron chi connectivity index (χ0n) is 21.5. The Labute approximate surface area is 232 Å². The van der Waals surface area contributed by atoms with Crippen LogP contribution in [0.4, 0.5) is 11.5 Å². The summed E-state index contributed by atoms with van der Waals surface area (Å²) in [4.78, 5) is 15.7. The van der Waals surface area contributed by atoms with Crippen LogP contribution in [0.5, 0.6) is 5.75 Å². The van der Waals surface area contributed by atoms with E-state index in [4.69, 9.17) is 21.1 Å². The van der Waals surface area contributed by atoms with E-state index in [1.165, 1.54) is 0 Å². The predicted molar refractivity (Wildman–Crippen MR) is 154 cm³/mol. The highest BCUT2D eigenvalue weighted by Gasteiger charge is 2.12. The van der Waals surface area contributed by atoms with Crippen LogP contribution >= 0.6 is 11.6 Å². The molecular formula is C30H29ClN6O2. The number of nitrogens with one attached hydrogen (secondary N) is 1. The molecule has 0 radical (unpaired) electrons. The van der Waals surface area contributed by atoms with Crippen LogP contribution in [0.3, 0.4) is 0 Å². The molecule has 0 saturated carbocycles. The number of aromatic nitrogens is 4. The van der Waals surface area contributed by atoms with Crippen molar-refractivity contribution in [2.75, 3.05) is 38.2 Å². The van der Waals surface area contributed by atoms with Crippen molar-refractivity contribution in [1.82, 2.24) is 24.4 Å². The third-order valence-corrected chi connectivity index (χ3v) is 7.09. The van der Waals surface area contributed by atoms with E-state index in [0.29, 0.717) is 23.2 Å². The van der Waals surface area contributed by atoms with E-state index in [0.717, 1.165) is 72.8 Å². The molecule has 0 amide bonds. The average Bonchev–Trinajstić information content (AvgIpc) is 3.46. The highest BCUT2D eigenvalue weighted by molar-refractivity contribution is 6.32. The maximum absolute atomic E-state index is 6.53. The number of anilines is 2. The van der Waals surface area contributed by atoms with Crippen LogP contribution in [0.1, 0.15) is 5.69 Å². The number of nitrogens with zero attached hydrogens (tertiary/aromatic N) is 5. The predicted octanol–water partition coefficient (Wildman–Crippen LogP) is 5.80. The first-order chi connectivity index (χ1) is 19.2. The van der Waals surface area contributed by atoms with E-state index < -0.39 is 0 Å². The Kier molecular flexibility index (Phi) is 7.67. The van der Waals surface area contributed by atoms with E-state index in [1.54, 1.807) is 12.5 Å². The van der Waals surface area contributed by atoms with Gasteiger partial charge in [0.2, 0.25) is 0 Å². The van der Waals surface area contributed by atoms with Crippen LogP contribution in [0, 0.1) is 0 Å². The third kappa shape index (κ3) is 6.20. The fourth-order valence-electron chi connectivity index (χ4n) is 4.64. The van der Waals surface area contributed by atoms with Crippen LogP contribution in [0.15, 0.2) is 85.6 Å². The molecule has 0 unspecified atom stereocenters. The molecule has 4 heterocycles. The summed E-state index contributed by atoms with van der Waals surface area (Å²) in [6.07, 6.45) is 7.65. The zero-order valence-corrected chi connectivity index (χ0v) is 22.2. The van der Waals surface area contributed by atoms with Crippen LogP contribution in [0.25, 0.3) is 22.0 Å². The van der Waals surface area contributed by atoms with Gasteiger partial charge in [-0.1, -0.05) is 23.7 Å². The minimum Gasteiger partial charge on any atom is -0.486 e. The fraction of sp³-hybridized carbons (Fsp3) is 0.233. The minimum absolute atomic E-state index is 0.349. The molecule has 3 aromatic heterocycles. The lowest BCUT2D eigenvalue weighted by molar-refractivity contribution is 0.0364. The van der Waals surface area contributed by atoms with E-state index in [2.05, 4.69) is 60.3 Å². The summed E-state index contributed by atoms with van der Waals surface area (Å²) in [5, 5.41) is 4.85. The summed E-state index contributed by atoms with van der Waals surface area (Å²) in [5.74, 6) is 1.31. The third-order valence-electron chi connectivity index (χ3n) is 6.79. The number of hydrogen-bond acceptors (Lipinski definition) is 7. The molecular weight excluding hydrogens is 512 g/mol. The molecule has 198 valence electrons. The van der Waals surface area contributed by atoms with Gasteiger partial charge in [-0.05, 0) is 59.7 Å². The van der Waals surface area contributed by atoms with Crippen LogP contribution in [-0.4, -0.2) is 57.3 Å². The molecule has 1 aliphatic heterocycles. The summed E-state index contributed by atoms with van der Waals surface area (Å²) in [5.41, 5.74) is 4.79. The normalized spacial score (nSPS) is 14.0. The van der Waals surface area contributed by atoms with E-state index >= 15 is 0 Å². The summed E-state index contributed by atoms with van der Waals surface area (Å²) in [7, 11) is 0. The molecule has 5 aromatic rings. The van der Waals surface area contributed by atoms with Gasteiger partial charge in [0.25, 0.3) is 0 Å². The molecule has 1 N–H and O–H groups in total. The largest absolute Gasteiger partial charge is 0.486 e. The number of pyridine rings is 1. The number of fused-ring (bicyclic) bond motifs is 1. The van der Waals surface area contributed by atoms with Crippen LogP contribution < -0.4 is 10.1 Å². The van der Waals surface area contributed by atoms with E-state index in [9.17, 15) is 0 Å². The SMILES string of the molecule is Clc1cc(Nc2ncnc3ccc(-c4ccn(CCN5CCOCC5)c4)cc23)ccc1OCc1ccccn1. The molecule has 0 atom stereocenters. The Morgan fingerprint density at radius 1 is 0.923 bits per heavy atom. The number of morpholine rings is 1. The van der Waals surface area contributed by atoms with Gasteiger partial charge in [0.05, 0.1) is 29.4 Å². The first kappa shape index (κ1) is 25.3. The van der Waals surface area contributed by atoms with Gasteiger partial charge in [-0.15, -0.1) is 0 Å². The molecule has 1 fully saturated rings. The number of halogens is 1. The maximum atomic E-state index is 6.53. The van der Waals surface area contributed by atoms with Crippen molar-refractivity contribution in [2.45, 2.75) is 13.2 Å². The topological polar surface area (TPSA) is 77.3 Å². The Bertz CT molecular complexity index is 1550. The van der Waals surface area contributed by atoms with Crippen LogP contribution in [-0.2, 0) is 17.9 Å². The van der Waals surface area contributed by atoms with Gasteiger partial charge in [0.15, 0.2) is 0 Å². The zero-order chi connectivity index (χ0) is 26.4. The van der Waals surface area contributed by atoms with Crippen molar-refractivity contribution in [1.29, 1.82) is 0 Å². The molecule has 8 nitrogen and oxygen atoms in total. The molecule has 0 bridgehead atoms. The molecule has 39 heavy (non-hydrogen) atoms. The van der Waals surface area contributed by atoms with Gasteiger partial charge in [-0.3, -0.25) is 9.88 Å². The average molecular weight is 541 g/mol. The van der Waals surface area contributed by atoms with Crippen molar-refractivity contribution in [3.63, 3.8) is 0 Å². The lowest BCUT2D eigenvalue weighted by Crippen LogP contribution is -2.38. The second-order valence-corrected chi connectivity index (χ2v) is 9.83. The fourth-order valence-corrected chi connectivity index (χ4v) is 4.87. The van der Waals surface area contributed by atoms with Crippen molar-refractivity contribution in [3.05, 3.63) is 96.3 Å². The summed E-state index contributed by atoms with van der Waals surface area (Å²) < 4.78 is 13.6. The smallest absolute Gasteiger partial charge is 0.141 e. The Hall–Kier alpha value is -3.98. The monoisotopic (exact) mass is 540 g/mol. The molecule has 2 aromatic carbocycles. The molecule has 0 aliphatic carbocycles. The Morgan fingerprint density at radius 2 is 1.85 bits per heavy atom. The minimum atomic E-state index is 0.349. The van der Waals surface area contributed by atoms with Gasteiger partial charge in [-0.2, -0.15) is 0 Å². The van der Waals surface area contributed by atoms with E-state index in [-0.39, 0.29) is 0 Å². The van der Waals surface area contributed by atoms with E-state index in [1.807, 2.05) is 42.5 Å². The van der Waals surface area contributed by atoms with Crippen molar-refractivity contribution in [3.8, 4) is 16.9 Å². The van der Waals surface area contributed by atoms with Gasteiger partial charge >= 0.3 is 0 Å². The summed E-state index contributed by atoms with van der Waals surface area (Å²) in [6.45, 7) is 5.96. The van der Waals surface area contributed by atoms with Crippen molar-refractivity contribution in [2.24, 2.45) is 0 Å². The second-order valence-electron chi connectivity index (χ2n) is 9.43. The molecule has 9 heteroatoms. The Morgan fingerprint density at radius 3 is 2.69 bits per heavy atom. The number of hydrogen-bond donors (Lipinski definition) is 1. The lowest BCUT2D eigenvalue weighted by atomic mass is 10.1. The highest BCUT2D eigenvalue weighted by atomic mass is 35.5. The summed E-state index contributed by atoms with van der Waals surface area (Å²) in [6, 6.07) is 19.7. The molecule has 1 saturated heterocycles. The van der Waals surface area contributed by atoms with Gasteiger partial charge in [0, 0.05) is 55.8 Å². The Balaban J connectivity index is 1.17.